The minimum absolute atomic E-state index is 0.238. The topological polar surface area (TPSA) is 35.5 Å². The van der Waals surface area contributed by atoms with Gasteiger partial charge in [-0.2, -0.15) is 0 Å². The van der Waals surface area contributed by atoms with E-state index in [9.17, 15) is 4.79 Å². The van der Waals surface area contributed by atoms with E-state index in [-0.39, 0.29) is 11.4 Å². The lowest BCUT2D eigenvalue weighted by Crippen LogP contribution is -2.51. The second kappa shape index (κ2) is 3.35. The molecule has 2 aliphatic carbocycles. The summed E-state index contributed by atoms with van der Waals surface area (Å²) >= 11 is 0. The van der Waals surface area contributed by atoms with E-state index in [0.29, 0.717) is 24.4 Å². The Morgan fingerprint density at radius 1 is 1.41 bits per heavy atom. The Morgan fingerprint density at radius 3 is 2.88 bits per heavy atom. The molecule has 0 radical (unpaired) electrons. The molecule has 5 atom stereocenters. The van der Waals surface area contributed by atoms with E-state index < -0.39 is 5.79 Å². The lowest BCUT2D eigenvalue weighted by atomic mass is 9.65. The minimum Gasteiger partial charge on any atom is -0.434 e. The summed E-state index contributed by atoms with van der Waals surface area (Å²) in [5.41, 5.74) is 0.238. The quantitative estimate of drug-likeness (QED) is 0.518. The molecule has 5 unspecified atom stereocenters. The number of fused-ring (bicyclic) bond motifs is 5. The number of ether oxygens (including phenoxy) is 2. The lowest BCUT2D eigenvalue weighted by molar-refractivity contribution is -0.269. The highest BCUT2D eigenvalue weighted by atomic mass is 16.7. The molecule has 3 aliphatic rings. The van der Waals surface area contributed by atoms with Crippen molar-refractivity contribution >= 4 is 5.97 Å². The van der Waals surface area contributed by atoms with Gasteiger partial charge in [-0.05, 0) is 29.6 Å². The Kier molecular flexibility index (Phi) is 2.22. The Hall–Kier alpha value is -0.830. The molecular formula is C14H20O3. The average Bonchev–Trinajstić information content (AvgIpc) is 2.72. The fraction of sp³-hybridized carbons (Fsp3) is 0.786. The van der Waals surface area contributed by atoms with Crippen LogP contribution in [0.2, 0.25) is 0 Å². The summed E-state index contributed by atoms with van der Waals surface area (Å²) < 4.78 is 11.2. The third-order valence-electron chi connectivity index (χ3n) is 4.96. The van der Waals surface area contributed by atoms with Gasteiger partial charge in [0.05, 0.1) is 6.61 Å². The van der Waals surface area contributed by atoms with E-state index in [1.54, 1.807) is 0 Å². The molecule has 0 aromatic heterocycles. The van der Waals surface area contributed by atoms with Crippen LogP contribution in [0.4, 0.5) is 0 Å². The first kappa shape index (κ1) is 11.3. The third-order valence-corrected chi connectivity index (χ3v) is 4.96. The predicted molar refractivity (Wildman–Crippen MR) is 63.1 cm³/mol. The Morgan fingerprint density at radius 2 is 2.18 bits per heavy atom. The molecule has 0 aromatic carbocycles. The van der Waals surface area contributed by atoms with E-state index in [1.807, 2.05) is 6.92 Å². The van der Waals surface area contributed by atoms with Crippen LogP contribution in [-0.2, 0) is 14.3 Å². The number of carbonyl (C=O) groups is 1. The molecule has 0 N–H and O–H groups in total. The molecule has 0 spiro atoms. The second-order valence-electron chi connectivity index (χ2n) is 6.22. The highest BCUT2D eigenvalue weighted by Crippen LogP contribution is 2.61. The Bertz CT molecular complexity index is 389. The van der Waals surface area contributed by atoms with Crippen molar-refractivity contribution in [2.45, 2.75) is 39.4 Å². The van der Waals surface area contributed by atoms with Gasteiger partial charge in [-0.1, -0.05) is 19.1 Å². The van der Waals surface area contributed by atoms with Crippen LogP contribution in [0, 0.1) is 23.2 Å². The molecule has 1 saturated heterocycles. The highest BCUT2D eigenvalue weighted by molar-refractivity contribution is 5.66. The van der Waals surface area contributed by atoms with Crippen LogP contribution < -0.4 is 0 Å². The number of hydrogen-bond donors (Lipinski definition) is 0. The molecule has 2 fully saturated rings. The zero-order chi connectivity index (χ0) is 12.3. The van der Waals surface area contributed by atoms with Gasteiger partial charge in [-0.15, -0.1) is 0 Å². The van der Waals surface area contributed by atoms with Gasteiger partial charge in [-0.3, -0.25) is 4.79 Å². The van der Waals surface area contributed by atoms with E-state index in [1.165, 1.54) is 13.3 Å². The van der Waals surface area contributed by atoms with E-state index in [2.05, 4.69) is 19.1 Å². The monoisotopic (exact) mass is 236 g/mol. The van der Waals surface area contributed by atoms with E-state index in [0.717, 1.165) is 6.42 Å². The molecule has 0 amide bonds. The van der Waals surface area contributed by atoms with Crippen LogP contribution in [0.15, 0.2) is 12.2 Å². The molecule has 94 valence electrons. The number of esters is 1. The second-order valence-corrected chi connectivity index (χ2v) is 6.22. The number of carbonyl (C=O) groups excluding carboxylic acids is 1. The lowest BCUT2D eigenvalue weighted by Gasteiger charge is -2.49. The summed E-state index contributed by atoms with van der Waals surface area (Å²) in [6, 6.07) is 0. The maximum atomic E-state index is 11.2. The van der Waals surface area contributed by atoms with Crippen molar-refractivity contribution in [2.24, 2.45) is 23.2 Å². The minimum atomic E-state index is -0.727. The van der Waals surface area contributed by atoms with Crippen molar-refractivity contribution in [2.75, 3.05) is 6.61 Å². The van der Waals surface area contributed by atoms with Crippen LogP contribution in [0.3, 0.4) is 0 Å². The van der Waals surface area contributed by atoms with Gasteiger partial charge in [0, 0.05) is 20.3 Å². The van der Waals surface area contributed by atoms with Crippen molar-refractivity contribution in [3.63, 3.8) is 0 Å². The summed E-state index contributed by atoms with van der Waals surface area (Å²) in [5.74, 6) is 0.924. The molecule has 2 bridgehead atoms. The average molecular weight is 236 g/mol. The molecule has 3 nitrogen and oxygen atoms in total. The number of rotatable bonds is 1. The van der Waals surface area contributed by atoms with Gasteiger partial charge in [0.25, 0.3) is 0 Å². The zero-order valence-electron chi connectivity index (χ0n) is 10.7. The van der Waals surface area contributed by atoms with Crippen LogP contribution in [0.25, 0.3) is 0 Å². The van der Waals surface area contributed by atoms with Crippen molar-refractivity contribution < 1.29 is 14.3 Å². The number of hydrogen-bond acceptors (Lipinski definition) is 3. The van der Waals surface area contributed by atoms with Gasteiger partial charge < -0.3 is 9.47 Å². The maximum Gasteiger partial charge on any atom is 0.305 e. The van der Waals surface area contributed by atoms with E-state index in [4.69, 9.17) is 9.47 Å². The smallest absolute Gasteiger partial charge is 0.305 e. The zero-order valence-corrected chi connectivity index (χ0v) is 10.7. The van der Waals surface area contributed by atoms with Crippen molar-refractivity contribution in [1.29, 1.82) is 0 Å². The molecule has 0 aromatic rings. The standard InChI is InChI=1S/C14H20O3/c1-9(15)17-14(3)8-13(2)11-5-4-10(6-11)12(13)7-16-14/h4-5,10-12H,6-8H2,1-3H3. The van der Waals surface area contributed by atoms with Crippen LogP contribution >= 0.6 is 0 Å². The Balaban J connectivity index is 1.85. The first-order chi connectivity index (χ1) is 7.93. The number of allylic oxidation sites excluding steroid dienone is 2. The molecule has 3 heteroatoms. The normalized spacial score (nSPS) is 51.4. The SMILES string of the molecule is CC(=O)OC1(C)CC2(C)C3C=CC(C3)C2CO1. The first-order valence-electron chi connectivity index (χ1n) is 6.45. The van der Waals surface area contributed by atoms with Gasteiger partial charge in [0.15, 0.2) is 0 Å². The first-order valence-corrected chi connectivity index (χ1v) is 6.45. The summed E-state index contributed by atoms with van der Waals surface area (Å²) in [4.78, 5) is 11.2. The maximum absolute atomic E-state index is 11.2. The largest absolute Gasteiger partial charge is 0.434 e. The van der Waals surface area contributed by atoms with Crippen molar-refractivity contribution in [3.05, 3.63) is 12.2 Å². The third kappa shape index (κ3) is 1.55. The van der Waals surface area contributed by atoms with Gasteiger partial charge in [0.2, 0.25) is 5.79 Å². The fourth-order valence-corrected chi connectivity index (χ4v) is 4.23. The molecule has 1 aliphatic heterocycles. The molecule has 1 saturated carbocycles. The predicted octanol–water partition coefficient (Wildman–Crippen LogP) is 2.51. The fourth-order valence-electron chi connectivity index (χ4n) is 4.23. The molecular weight excluding hydrogens is 216 g/mol. The van der Waals surface area contributed by atoms with Crippen molar-refractivity contribution in [3.8, 4) is 0 Å². The summed E-state index contributed by atoms with van der Waals surface area (Å²) in [7, 11) is 0. The summed E-state index contributed by atoms with van der Waals surface area (Å²) in [5, 5.41) is 0. The Labute approximate surface area is 102 Å². The molecule has 17 heavy (non-hydrogen) atoms. The van der Waals surface area contributed by atoms with Gasteiger partial charge in [-0.25, -0.2) is 0 Å². The van der Waals surface area contributed by atoms with Crippen LogP contribution in [0.1, 0.15) is 33.6 Å². The van der Waals surface area contributed by atoms with Gasteiger partial charge >= 0.3 is 5.97 Å². The summed E-state index contributed by atoms with van der Waals surface area (Å²) in [6.07, 6.45) is 6.76. The van der Waals surface area contributed by atoms with Crippen molar-refractivity contribution in [1.82, 2.24) is 0 Å². The molecule has 1 heterocycles. The van der Waals surface area contributed by atoms with Crippen LogP contribution in [-0.4, -0.2) is 18.4 Å². The summed E-state index contributed by atoms with van der Waals surface area (Å²) in [6.45, 7) is 6.39. The van der Waals surface area contributed by atoms with Gasteiger partial charge in [0.1, 0.15) is 0 Å². The highest BCUT2D eigenvalue weighted by Gasteiger charge is 2.59. The molecule has 3 rings (SSSR count). The van der Waals surface area contributed by atoms with Crippen LogP contribution in [0.5, 0.6) is 0 Å². The van der Waals surface area contributed by atoms with E-state index >= 15 is 0 Å².